The summed E-state index contributed by atoms with van der Waals surface area (Å²) in [7, 11) is 0. The number of rotatable bonds is 72. The summed E-state index contributed by atoms with van der Waals surface area (Å²) in [4.78, 5) is 13.5. The molecule has 3 rings (SSSR count). The number of hydrogen-bond donors (Lipinski definition) is 12. The highest BCUT2D eigenvalue weighted by molar-refractivity contribution is 5.76. The van der Waals surface area contributed by atoms with E-state index in [0.29, 0.717) is 12.8 Å². The van der Waals surface area contributed by atoms with E-state index in [9.17, 15) is 61.0 Å². The third-order valence-electron chi connectivity index (χ3n) is 21.9. The number of aliphatic hydroxyl groups excluding tert-OH is 11. The fraction of sp³-hybridized carbons (Fsp3) is 0.835. The number of nitrogens with one attached hydrogen (secondary N) is 1. The first-order chi connectivity index (χ1) is 53.8. The van der Waals surface area contributed by atoms with Gasteiger partial charge in [-0.2, -0.15) is 0 Å². The van der Waals surface area contributed by atoms with Gasteiger partial charge in [0.15, 0.2) is 18.9 Å². The molecule has 0 spiro atoms. The molecule has 3 saturated heterocycles. The molecule has 0 aromatic carbocycles. The van der Waals surface area contributed by atoms with E-state index < -0.39 is 124 Å². The summed E-state index contributed by atoms with van der Waals surface area (Å²) in [5, 5.41) is 121. The summed E-state index contributed by atoms with van der Waals surface area (Å²) in [5.74, 6) is -0.284. The molecule has 19 nitrogen and oxygen atoms in total. The maximum atomic E-state index is 13.5. The highest BCUT2D eigenvalue weighted by Crippen LogP contribution is 2.33. The van der Waals surface area contributed by atoms with Gasteiger partial charge in [0.2, 0.25) is 5.91 Å². The quantitative estimate of drug-likeness (QED) is 0.0199. The Kier molecular flexibility index (Phi) is 64.6. The van der Waals surface area contributed by atoms with Gasteiger partial charge in [0.25, 0.3) is 0 Å². The normalized spacial score (nSPS) is 25.6. The van der Waals surface area contributed by atoms with E-state index in [1.807, 2.05) is 6.08 Å². The zero-order valence-electron chi connectivity index (χ0n) is 69.0. The Hall–Kier alpha value is -3.03. The van der Waals surface area contributed by atoms with Crippen LogP contribution in [0, 0.1) is 0 Å². The predicted octanol–water partition coefficient (Wildman–Crippen LogP) is 16.9. The summed E-state index contributed by atoms with van der Waals surface area (Å²) < 4.78 is 34.5. The van der Waals surface area contributed by atoms with Gasteiger partial charge in [-0.1, -0.05) is 349 Å². The van der Waals surface area contributed by atoms with Crippen LogP contribution in [-0.2, 0) is 33.2 Å². The molecule has 1 amide bonds. The van der Waals surface area contributed by atoms with Crippen molar-refractivity contribution in [2.24, 2.45) is 0 Å². The van der Waals surface area contributed by atoms with Gasteiger partial charge < -0.3 is 89.9 Å². The lowest BCUT2D eigenvalue weighted by atomic mass is 9.96. The van der Waals surface area contributed by atoms with Gasteiger partial charge >= 0.3 is 0 Å². The van der Waals surface area contributed by atoms with Gasteiger partial charge in [-0.15, -0.1) is 0 Å². The van der Waals surface area contributed by atoms with Gasteiger partial charge in [-0.25, -0.2) is 0 Å². The van der Waals surface area contributed by atoms with Crippen molar-refractivity contribution in [2.45, 2.75) is 458 Å². The second-order valence-electron chi connectivity index (χ2n) is 31.7. The lowest BCUT2D eigenvalue weighted by Gasteiger charge is -2.48. The Bertz CT molecular complexity index is 2310. The van der Waals surface area contributed by atoms with Crippen molar-refractivity contribution in [1.29, 1.82) is 0 Å². The molecule has 110 heavy (non-hydrogen) atoms. The van der Waals surface area contributed by atoms with Crippen LogP contribution in [0.4, 0.5) is 0 Å². The minimum absolute atomic E-state index is 0.233. The van der Waals surface area contributed by atoms with Gasteiger partial charge in [0.05, 0.1) is 38.6 Å². The monoisotopic (exact) mass is 1560 g/mol. The molecule has 0 aromatic heterocycles. The Morgan fingerprint density at radius 3 is 1.02 bits per heavy atom. The van der Waals surface area contributed by atoms with E-state index in [1.54, 1.807) is 6.08 Å². The van der Waals surface area contributed by atoms with Crippen LogP contribution >= 0.6 is 0 Å². The predicted molar refractivity (Wildman–Crippen MR) is 443 cm³/mol. The molecule has 19 heteroatoms. The third-order valence-corrected chi connectivity index (χ3v) is 21.9. The topological polar surface area (TPSA) is 307 Å². The number of unbranched alkanes of at least 4 members (excludes halogenated alkanes) is 44. The van der Waals surface area contributed by atoms with Crippen LogP contribution in [0.2, 0.25) is 0 Å². The number of aliphatic hydroxyl groups is 11. The van der Waals surface area contributed by atoms with Crippen molar-refractivity contribution < 1.29 is 89.4 Å². The molecule has 3 heterocycles. The number of ether oxygens (including phenoxy) is 6. The van der Waals surface area contributed by atoms with Crippen molar-refractivity contribution in [3.05, 3.63) is 85.1 Å². The Morgan fingerprint density at radius 2 is 0.636 bits per heavy atom. The van der Waals surface area contributed by atoms with Crippen LogP contribution in [-0.4, -0.2) is 193 Å². The lowest BCUT2D eigenvalue weighted by Crippen LogP contribution is -2.66. The lowest BCUT2D eigenvalue weighted by molar-refractivity contribution is -0.379. The van der Waals surface area contributed by atoms with E-state index in [2.05, 4.69) is 92.1 Å². The van der Waals surface area contributed by atoms with Crippen LogP contribution in [0.3, 0.4) is 0 Å². The number of allylic oxidation sites excluding steroid dienone is 13. The van der Waals surface area contributed by atoms with Gasteiger partial charge in [0.1, 0.15) is 73.2 Å². The summed E-state index contributed by atoms with van der Waals surface area (Å²) in [5.41, 5.74) is 0. The smallest absolute Gasteiger partial charge is 0.220 e. The molecule has 3 aliphatic heterocycles. The number of carbonyl (C=O) groups is 1. The standard InChI is InChI=1S/C91H163NO18/c1-3-5-7-9-11-13-15-17-19-21-23-25-27-29-30-31-32-33-34-35-36-37-38-39-40-41-42-43-44-45-47-49-51-53-55-57-59-61-63-65-67-69-79(97)92-74(75(96)68-66-64-62-60-58-56-54-52-50-48-46-28-26-24-22-20-18-16-14-12-10-8-6-4-2)73-105-89-85(103)82(100)87(77(71-94)107-89)110-91-86(104)83(101)88(78(72-95)108-91)109-90-84(102)81(99)80(98)76(70-93)106-90/h5,7,11,13,17,19,23,25,50,52,58,60,66,68,74-78,80-91,93-96,98-104H,3-4,6,8-10,12,14-16,18,20-22,24,26-49,51,53-57,59,61-65,67,69-73H2,1-2H3,(H,92,97)/b7-5-,13-11-,19-17-,25-23-,52-50+,60-58+,68-66+. The molecule has 17 unspecified atom stereocenters. The molecule has 0 saturated carbocycles. The molecular formula is C91H163NO18. The van der Waals surface area contributed by atoms with Gasteiger partial charge in [-0.3, -0.25) is 4.79 Å². The molecule has 3 fully saturated rings. The van der Waals surface area contributed by atoms with E-state index in [0.717, 1.165) is 70.6 Å². The first-order valence-corrected chi connectivity index (χ1v) is 44.8. The average molecular weight is 1560 g/mol. The first-order valence-electron chi connectivity index (χ1n) is 44.8. The highest BCUT2D eigenvalue weighted by Gasteiger charge is 2.54. The first kappa shape index (κ1) is 101. The largest absolute Gasteiger partial charge is 0.394 e. The van der Waals surface area contributed by atoms with E-state index >= 15 is 0 Å². The van der Waals surface area contributed by atoms with Crippen molar-refractivity contribution in [1.82, 2.24) is 5.32 Å². The summed E-state index contributed by atoms with van der Waals surface area (Å²) in [6.07, 6.45) is 68.9. The molecule has 0 radical (unpaired) electrons. The maximum Gasteiger partial charge on any atom is 0.220 e. The van der Waals surface area contributed by atoms with Crippen molar-refractivity contribution in [3.8, 4) is 0 Å². The summed E-state index contributed by atoms with van der Waals surface area (Å²) in [6, 6.07) is -0.999. The second kappa shape index (κ2) is 70.2. The summed E-state index contributed by atoms with van der Waals surface area (Å²) >= 11 is 0. The van der Waals surface area contributed by atoms with Gasteiger partial charge in [0, 0.05) is 6.42 Å². The zero-order chi connectivity index (χ0) is 79.5. The van der Waals surface area contributed by atoms with Crippen LogP contribution < -0.4 is 5.32 Å². The fourth-order valence-electron chi connectivity index (χ4n) is 14.8. The van der Waals surface area contributed by atoms with E-state index in [1.165, 1.54) is 250 Å². The number of amides is 1. The van der Waals surface area contributed by atoms with Crippen molar-refractivity contribution in [3.63, 3.8) is 0 Å². The molecule has 0 bridgehead atoms. The molecule has 17 atom stereocenters. The number of carbonyl (C=O) groups excluding carboxylic acids is 1. The van der Waals surface area contributed by atoms with Crippen LogP contribution in [0.15, 0.2) is 85.1 Å². The molecule has 640 valence electrons. The Morgan fingerprint density at radius 1 is 0.336 bits per heavy atom. The van der Waals surface area contributed by atoms with Gasteiger partial charge in [-0.05, 0) is 83.5 Å². The van der Waals surface area contributed by atoms with Crippen LogP contribution in [0.1, 0.15) is 354 Å². The molecule has 0 aromatic rings. The molecule has 3 aliphatic rings. The molecule has 0 aliphatic carbocycles. The average Bonchev–Trinajstić information content (AvgIpc) is 0.782. The van der Waals surface area contributed by atoms with Crippen LogP contribution in [0.5, 0.6) is 0 Å². The number of hydrogen-bond acceptors (Lipinski definition) is 18. The van der Waals surface area contributed by atoms with E-state index in [-0.39, 0.29) is 18.9 Å². The highest BCUT2D eigenvalue weighted by atomic mass is 16.8. The Labute approximate surface area is 667 Å². The SMILES string of the molecule is CC/C=C\C/C=C\C/C=C\C/C=C\CCCCCCCCCCCCCCCCCCCCCCCCCCCCCCC(=O)NC(COC1OC(CO)C(OC2OC(CO)C(OC3OC(CO)C(O)C(O)C3O)C(O)C2O)C(O)C1O)C(O)/C=C/CC/C=C/CC/C=C/CCCCCCCCCCCCCCCC. The third kappa shape index (κ3) is 48.5. The van der Waals surface area contributed by atoms with Crippen molar-refractivity contribution in [2.75, 3.05) is 26.4 Å². The fourth-order valence-corrected chi connectivity index (χ4v) is 14.8. The van der Waals surface area contributed by atoms with Crippen LogP contribution in [0.25, 0.3) is 0 Å². The maximum absolute atomic E-state index is 13.5. The second-order valence-corrected chi connectivity index (χ2v) is 31.7. The summed E-state index contributed by atoms with van der Waals surface area (Å²) in [6.45, 7) is 1.64. The molecular weight excluding hydrogens is 1390 g/mol. The molecule has 12 N–H and O–H groups in total. The zero-order valence-corrected chi connectivity index (χ0v) is 69.0. The van der Waals surface area contributed by atoms with Crippen molar-refractivity contribution >= 4 is 5.91 Å². The van der Waals surface area contributed by atoms with E-state index in [4.69, 9.17) is 28.4 Å². The minimum atomic E-state index is -1.99. The Balaban J connectivity index is 1.30. The minimum Gasteiger partial charge on any atom is -0.394 e.